The van der Waals surface area contributed by atoms with Gasteiger partial charge in [0.05, 0.1) is 26.7 Å². The Labute approximate surface area is 181 Å². The molecule has 0 radical (unpaired) electrons. The van der Waals surface area contributed by atoms with Crippen molar-refractivity contribution < 1.29 is 23.9 Å². The molecular formula is C23H27N3O5. The zero-order valence-corrected chi connectivity index (χ0v) is 17.6. The zero-order valence-electron chi connectivity index (χ0n) is 17.6. The van der Waals surface area contributed by atoms with Crippen molar-refractivity contribution in [2.24, 2.45) is 0 Å². The predicted octanol–water partition coefficient (Wildman–Crippen LogP) is 1.60. The monoisotopic (exact) mass is 425 g/mol. The van der Waals surface area contributed by atoms with Gasteiger partial charge >= 0.3 is 5.97 Å². The smallest absolute Gasteiger partial charge is 0.325 e. The van der Waals surface area contributed by atoms with Crippen LogP contribution in [0.4, 0.5) is 5.69 Å². The summed E-state index contributed by atoms with van der Waals surface area (Å²) in [7, 11) is 1.27. The molecule has 2 amide bonds. The van der Waals surface area contributed by atoms with Gasteiger partial charge in [-0.15, -0.1) is 0 Å². The van der Waals surface area contributed by atoms with Crippen LogP contribution in [0, 0.1) is 0 Å². The molecule has 0 spiro atoms. The minimum absolute atomic E-state index is 0.134. The van der Waals surface area contributed by atoms with Crippen LogP contribution in [-0.4, -0.2) is 62.6 Å². The first-order valence-electron chi connectivity index (χ1n) is 10.2. The summed E-state index contributed by atoms with van der Waals surface area (Å²) in [5.74, 6) is -0.966. The second kappa shape index (κ2) is 11.2. The molecule has 3 rings (SSSR count). The summed E-state index contributed by atoms with van der Waals surface area (Å²) in [5, 5.41) is 5.37. The summed E-state index contributed by atoms with van der Waals surface area (Å²) in [6.07, 6.45) is 0.134. The first-order chi connectivity index (χ1) is 15.0. The molecule has 0 aromatic heterocycles. The van der Waals surface area contributed by atoms with Crippen molar-refractivity contribution in [1.82, 2.24) is 10.2 Å². The number of morpholine rings is 1. The van der Waals surface area contributed by atoms with E-state index < -0.39 is 5.97 Å². The van der Waals surface area contributed by atoms with Gasteiger partial charge < -0.3 is 20.1 Å². The highest BCUT2D eigenvalue weighted by atomic mass is 16.5. The maximum Gasteiger partial charge on any atom is 0.325 e. The fourth-order valence-corrected chi connectivity index (χ4v) is 3.23. The van der Waals surface area contributed by atoms with Crippen LogP contribution in [0.1, 0.15) is 21.5 Å². The summed E-state index contributed by atoms with van der Waals surface area (Å²) in [6.45, 7) is 3.89. The number of rotatable bonds is 8. The molecule has 0 aliphatic carbocycles. The average Bonchev–Trinajstić information content (AvgIpc) is 2.79. The largest absolute Gasteiger partial charge is 0.468 e. The molecule has 0 saturated carbocycles. The van der Waals surface area contributed by atoms with E-state index in [4.69, 9.17) is 4.74 Å². The van der Waals surface area contributed by atoms with Gasteiger partial charge in [-0.1, -0.05) is 24.3 Å². The Kier molecular flexibility index (Phi) is 8.14. The molecule has 8 nitrogen and oxygen atoms in total. The summed E-state index contributed by atoms with van der Waals surface area (Å²) in [5.41, 5.74) is 3.09. The quantitative estimate of drug-likeness (QED) is 0.624. The van der Waals surface area contributed by atoms with Crippen LogP contribution in [0.25, 0.3) is 0 Å². The van der Waals surface area contributed by atoms with E-state index in [9.17, 15) is 14.4 Å². The summed E-state index contributed by atoms with van der Waals surface area (Å²) in [6, 6.07) is 14.6. The van der Waals surface area contributed by atoms with Crippen LogP contribution in [-0.2, 0) is 32.0 Å². The molecule has 1 aliphatic rings. The summed E-state index contributed by atoms with van der Waals surface area (Å²) >= 11 is 0. The molecule has 1 heterocycles. The predicted molar refractivity (Wildman–Crippen MR) is 116 cm³/mol. The molecule has 2 aromatic carbocycles. The number of benzene rings is 2. The van der Waals surface area contributed by atoms with Crippen molar-refractivity contribution >= 4 is 23.5 Å². The topological polar surface area (TPSA) is 97.0 Å². The molecule has 164 valence electrons. The molecule has 1 aliphatic heterocycles. The van der Waals surface area contributed by atoms with Crippen LogP contribution in [0.2, 0.25) is 0 Å². The fourth-order valence-electron chi connectivity index (χ4n) is 3.23. The van der Waals surface area contributed by atoms with E-state index in [0.717, 1.165) is 44.0 Å². The van der Waals surface area contributed by atoms with Gasteiger partial charge in [-0.3, -0.25) is 19.3 Å². The molecule has 1 fully saturated rings. The first kappa shape index (κ1) is 22.5. The highest BCUT2D eigenvalue weighted by Crippen LogP contribution is 2.14. The zero-order chi connectivity index (χ0) is 22.1. The lowest BCUT2D eigenvalue weighted by Gasteiger charge is -2.26. The number of methoxy groups -OCH3 is 1. The minimum atomic E-state index is -0.500. The lowest BCUT2D eigenvalue weighted by molar-refractivity contribution is -0.141. The van der Waals surface area contributed by atoms with E-state index in [1.165, 1.54) is 7.11 Å². The van der Waals surface area contributed by atoms with Crippen molar-refractivity contribution in [3.63, 3.8) is 0 Å². The molecule has 2 N–H and O–H groups in total. The van der Waals surface area contributed by atoms with Crippen LogP contribution in [0.15, 0.2) is 48.5 Å². The third-order valence-corrected chi connectivity index (χ3v) is 4.93. The number of ether oxygens (including phenoxy) is 2. The van der Waals surface area contributed by atoms with Gasteiger partial charge in [0.25, 0.3) is 5.91 Å². The van der Waals surface area contributed by atoms with Gasteiger partial charge in [-0.25, -0.2) is 0 Å². The Hall–Kier alpha value is -3.23. The van der Waals surface area contributed by atoms with Crippen LogP contribution >= 0.6 is 0 Å². The van der Waals surface area contributed by atoms with Crippen molar-refractivity contribution in [1.29, 1.82) is 0 Å². The molecule has 8 heteroatoms. The highest BCUT2D eigenvalue weighted by molar-refractivity contribution is 6.04. The second-order valence-corrected chi connectivity index (χ2v) is 7.27. The number of nitrogens with zero attached hydrogens (tertiary/aromatic N) is 1. The van der Waals surface area contributed by atoms with E-state index in [-0.39, 0.29) is 24.8 Å². The van der Waals surface area contributed by atoms with Crippen molar-refractivity contribution in [3.8, 4) is 0 Å². The first-order valence-corrected chi connectivity index (χ1v) is 10.2. The van der Waals surface area contributed by atoms with Crippen molar-refractivity contribution in [2.45, 2.75) is 13.0 Å². The van der Waals surface area contributed by atoms with Crippen LogP contribution < -0.4 is 10.6 Å². The Morgan fingerprint density at radius 3 is 2.48 bits per heavy atom. The molecular weight excluding hydrogens is 398 g/mol. The lowest BCUT2D eigenvalue weighted by atomic mass is 10.1. The number of anilines is 1. The molecule has 0 bridgehead atoms. The van der Waals surface area contributed by atoms with Gasteiger partial charge in [-0.05, 0) is 35.4 Å². The highest BCUT2D eigenvalue weighted by Gasteiger charge is 2.13. The van der Waals surface area contributed by atoms with Gasteiger partial charge in [0.15, 0.2) is 0 Å². The number of carbonyl (C=O) groups excluding carboxylic acids is 3. The van der Waals surface area contributed by atoms with Crippen molar-refractivity contribution in [2.75, 3.05) is 45.3 Å². The van der Waals surface area contributed by atoms with E-state index in [0.29, 0.717) is 11.3 Å². The van der Waals surface area contributed by atoms with E-state index >= 15 is 0 Å². The Balaban J connectivity index is 1.52. The maximum absolute atomic E-state index is 12.6. The average molecular weight is 425 g/mol. The molecule has 2 aromatic rings. The SMILES string of the molecule is COC(=O)CNC(=O)Cc1ccc(NC(=O)c2cccc(CN3CCOCC3)c2)cc1. The lowest BCUT2D eigenvalue weighted by Crippen LogP contribution is -2.35. The van der Waals surface area contributed by atoms with Gasteiger partial charge in [0.1, 0.15) is 6.54 Å². The molecule has 31 heavy (non-hydrogen) atoms. The van der Waals surface area contributed by atoms with Crippen LogP contribution in [0.3, 0.4) is 0 Å². The Bertz CT molecular complexity index is 908. The Morgan fingerprint density at radius 2 is 1.77 bits per heavy atom. The molecule has 0 unspecified atom stereocenters. The maximum atomic E-state index is 12.6. The van der Waals surface area contributed by atoms with Gasteiger partial charge in [0, 0.05) is 30.9 Å². The fraction of sp³-hybridized carbons (Fsp3) is 0.348. The molecule has 1 saturated heterocycles. The van der Waals surface area contributed by atoms with E-state index in [1.807, 2.05) is 18.2 Å². The minimum Gasteiger partial charge on any atom is -0.468 e. The number of nitrogens with one attached hydrogen (secondary N) is 2. The number of hydrogen-bond donors (Lipinski definition) is 2. The van der Waals surface area contributed by atoms with Crippen molar-refractivity contribution in [3.05, 3.63) is 65.2 Å². The van der Waals surface area contributed by atoms with E-state index in [1.54, 1.807) is 30.3 Å². The number of carbonyl (C=O) groups is 3. The Morgan fingerprint density at radius 1 is 1.03 bits per heavy atom. The molecule has 0 atom stereocenters. The summed E-state index contributed by atoms with van der Waals surface area (Å²) in [4.78, 5) is 37.9. The van der Waals surface area contributed by atoms with Crippen LogP contribution in [0.5, 0.6) is 0 Å². The second-order valence-electron chi connectivity index (χ2n) is 7.27. The van der Waals surface area contributed by atoms with E-state index in [2.05, 4.69) is 20.3 Å². The van der Waals surface area contributed by atoms with Gasteiger partial charge in [0.2, 0.25) is 5.91 Å². The number of hydrogen-bond acceptors (Lipinski definition) is 6. The van der Waals surface area contributed by atoms with Gasteiger partial charge in [-0.2, -0.15) is 0 Å². The summed E-state index contributed by atoms with van der Waals surface area (Å²) < 4.78 is 9.86. The normalized spacial score (nSPS) is 14.0. The third-order valence-electron chi connectivity index (χ3n) is 4.93. The standard InChI is InChI=1S/C23H27N3O5/c1-30-22(28)15-24-21(27)14-17-5-7-20(8-6-17)25-23(29)19-4-2-3-18(13-19)16-26-9-11-31-12-10-26/h2-8,13H,9-12,14-16H2,1H3,(H,24,27)(H,25,29). The third kappa shape index (κ3) is 7.20. The number of amides is 2. The number of esters is 1.